The minimum Gasteiger partial charge on any atom is -0.329 e. The lowest BCUT2D eigenvalue weighted by Crippen LogP contribution is -2.41. The Morgan fingerprint density at radius 1 is 1.08 bits per heavy atom. The molecule has 80 valence electrons. The average Bonchev–Trinajstić information content (AvgIpc) is 2.17. The Kier molecular flexibility index (Phi) is 9.87. The molecular weight excluding hydrogens is 162 g/mol. The molecule has 0 aromatic heterocycles. The summed E-state index contributed by atoms with van der Waals surface area (Å²) in [4.78, 5) is 0. The van der Waals surface area contributed by atoms with Crippen molar-refractivity contribution in [2.75, 3.05) is 26.2 Å². The van der Waals surface area contributed by atoms with Gasteiger partial charge in [-0.15, -0.1) is 0 Å². The first-order chi connectivity index (χ1) is 6.35. The molecule has 0 unspecified atom stereocenters. The zero-order valence-corrected chi connectivity index (χ0v) is 9.18. The average molecular weight is 187 g/mol. The molecule has 13 heavy (non-hydrogen) atoms. The Labute approximate surface area is 82.6 Å². The van der Waals surface area contributed by atoms with Gasteiger partial charge in [0.15, 0.2) is 0 Å². The molecule has 0 bridgehead atoms. The van der Waals surface area contributed by atoms with E-state index in [-0.39, 0.29) is 0 Å². The van der Waals surface area contributed by atoms with Crippen molar-refractivity contribution in [3.05, 3.63) is 0 Å². The molecular formula is C10H25N3. The SMILES string of the molecule is CCCCN(CCCC)NCCN. The van der Waals surface area contributed by atoms with Gasteiger partial charge in [-0.2, -0.15) is 0 Å². The van der Waals surface area contributed by atoms with E-state index in [1.165, 1.54) is 25.7 Å². The fourth-order valence-corrected chi connectivity index (χ4v) is 1.19. The molecule has 3 N–H and O–H groups in total. The number of hydrogen-bond acceptors (Lipinski definition) is 3. The summed E-state index contributed by atoms with van der Waals surface area (Å²) in [6, 6.07) is 0. The highest BCUT2D eigenvalue weighted by Gasteiger charge is 2.00. The Morgan fingerprint density at radius 3 is 2.00 bits per heavy atom. The van der Waals surface area contributed by atoms with Crippen molar-refractivity contribution in [1.29, 1.82) is 0 Å². The number of nitrogens with zero attached hydrogens (tertiary/aromatic N) is 1. The van der Waals surface area contributed by atoms with Crippen molar-refractivity contribution in [3.8, 4) is 0 Å². The lowest BCUT2D eigenvalue weighted by atomic mass is 10.3. The molecule has 0 aromatic carbocycles. The summed E-state index contributed by atoms with van der Waals surface area (Å²) in [6.07, 6.45) is 5.04. The van der Waals surface area contributed by atoms with Gasteiger partial charge in [0.2, 0.25) is 0 Å². The van der Waals surface area contributed by atoms with Gasteiger partial charge in [0.1, 0.15) is 0 Å². The number of hydrogen-bond donors (Lipinski definition) is 2. The van der Waals surface area contributed by atoms with Crippen LogP contribution in [0.25, 0.3) is 0 Å². The largest absolute Gasteiger partial charge is 0.329 e. The highest BCUT2D eigenvalue weighted by molar-refractivity contribution is 4.53. The van der Waals surface area contributed by atoms with Crippen LogP contribution in [0.1, 0.15) is 39.5 Å². The minimum absolute atomic E-state index is 0.717. The topological polar surface area (TPSA) is 41.3 Å². The van der Waals surface area contributed by atoms with E-state index in [9.17, 15) is 0 Å². The van der Waals surface area contributed by atoms with E-state index < -0.39 is 0 Å². The fourth-order valence-electron chi connectivity index (χ4n) is 1.19. The van der Waals surface area contributed by atoms with Gasteiger partial charge in [0.25, 0.3) is 0 Å². The van der Waals surface area contributed by atoms with E-state index in [1.54, 1.807) is 0 Å². The molecule has 0 aliphatic rings. The van der Waals surface area contributed by atoms with Crippen molar-refractivity contribution < 1.29 is 0 Å². The van der Waals surface area contributed by atoms with Crippen molar-refractivity contribution in [3.63, 3.8) is 0 Å². The molecule has 0 rings (SSSR count). The van der Waals surface area contributed by atoms with Crippen LogP contribution in [-0.4, -0.2) is 31.2 Å². The summed E-state index contributed by atoms with van der Waals surface area (Å²) < 4.78 is 0. The fraction of sp³-hybridized carbons (Fsp3) is 1.00. The van der Waals surface area contributed by atoms with E-state index in [0.717, 1.165) is 26.2 Å². The summed E-state index contributed by atoms with van der Waals surface area (Å²) >= 11 is 0. The second-order valence-corrected chi connectivity index (χ2v) is 3.39. The number of nitrogens with two attached hydrogens (primary N) is 1. The molecule has 0 radical (unpaired) electrons. The maximum Gasteiger partial charge on any atom is 0.0225 e. The van der Waals surface area contributed by atoms with Gasteiger partial charge in [-0.3, -0.25) is 5.43 Å². The van der Waals surface area contributed by atoms with E-state index in [0.29, 0.717) is 0 Å². The molecule has 3 heteroatoms. The first-order valence-electron chi connectivity index (χ1n) is 5.53. The summed E-state index contributed by atoms with van der Waals surface area (Å²) in [5, 5.41) is 2.31. The molecule has 0 aliphatic carbocycles. The summed E-state index contributed by atoms with van der Waals surface area (Å²) in [5.74, 6) is 0. The lowest BCUT2D eigenvalue weighted by molar-refractivity contribution is 0.184. The van der Waals surface area contributed by atoms with Crippen molar-refractivity contribution in [2.24, 2.45) is 5.73 Å². The van der Waals surface area contributed by atoms with Gasteiger partial charge < -0.3 is 5.73 Å². The molecule has 0 aliphatic heterocycles. The Morgan fingerprint density at radius 2 is 1.62 bits per heavy atom. The Bertz CT molecular complexity index is 77.2. The minimum atomic E-state index is 0.717. The predicted octanol–water partition coefficient (Wildman–Crippen LogP) is 1.35. The molecule has 0 fully saturated rings. The zero-order valence-electron chi connectivity index (χ0n) is 9.18. The number of nitrogens with one attached hydrogen (secondary N) is 1. The van der Waals surface area contributed by atoms with E-state index in [4.69, 9.17) is 5.73 Å². The summed E-state index contributed by atoms with van der Waals surface area (Å²) in [7, 11) is 0. The maximum absolute atomic E-state index is 5.44. The first kappa shape index (κ1) is 12.9. The van der Waals surface area contributed by atoms with Crippen LogP contribution in [0.3, 0.4) is 0 Å². The van der Waals surface area contributed by atoms with Crippen molar-refractivity contribution in [2.45, 2.75) is 39.5 Å². The lowest BCUT2D eigenvalue weighted by Gasteiger charge is -2.22. The number of rotatable bonds is 9. The molecule has 0 heterocycles. The highest BCUT2D eigenvalue weighted by Crippen LogP contribution is 1.95. The standard InChI is InChI=1S/C10H25N3/c1-3-5-9-13(10-6-4-2)12-8-7-11/h12H,3-11H2,1-2H3. The van der Waals surface area contributed by atoms with Crippen LogP contribution in [0.4, 0.5) is 0 Å². The molecule has 0 amide bonds. The van der Waals surface area contributed by atoms with Crippen LogP contribution < -0.4 is 11.2 Å². The molecule has 3 nitrogen and oxygen atoms in total. The highest BCUT2D eigenvalue weighted by atomic mass is 15.5. The third kappa shape index (κ3) is 8.22. The van der Waals surface area contributed by atoms with E-state index in [2.05, 4.69) is 24.3 Å². The smallest absolute Gasteiger partial charge is 0.0225 e. The number of unbranched alkanes of at least 4 members (excludes halogenated alkanes) is 2. The van der Waals surface area contributed by atoms with Gasteiger partial charge in [-0.1, -0.05) is 26.7 Å². The van der Waals surface area contributed by atoms with Crippen molar-refractivity contribution in [1.82, 2.24) is 10.4 Å². The van der Waals surface area contributed by atoms with Gasteiger partial charge in [0.05, 0.1) is 0 Å². The molecule has 0 spiro atoms. The predicted molar refractivity (Wildman–Crippen MR) is 58.4 cm³/mol. The monoisotopic (exact) mass is 187 g/mol. The van der Waals surface area contributed by atoms with Crippen LogP contribution in [0, 0.1) is 0 Å². The second-order valence-electron chi connectivity index (χ2n) is 3.39. The van der Waals surface area contributed by atoms with Crippen LogP contribution >= 0.6 is 0 Å². The quantitative estimate of drug-likeness (QED) is 0.535. The van der Waals surface area contributed by atoms with Gasteiger partial charge >= 0.3 is 0 Å². The molecule has 0 aromatic rings. The van der Waals surface area contributed by atoms with Gasteiger partial charge in [0, 0.05) is 26.2 Å². The first-order valence-corrected chi connectivity index (χ1v) is 5.53. The summed E-state index contributed by atoms with van der Waals surface area (Å²) in [5.41, 5.74) is 8.79. The van der Waals surface area contributed by atoms with Gasteiger partial charge in [-0.25, -0.2) is 5.01 Å². The third-order valence-electron chi connectivity index (χ3n) is 2.04. The maximum atomic E-state index is 5.44. The normalized spacial score (nSPS) is 11.1. The van der Waals surface area contributed by atoms with E-state index >= 15 is 0 Å². The molecule has 0 saturated heterocycles. The third-order valence-corrected chi connectivity index (χ3v) is 2.04. The zero-order chi connectivity index (χ0) is 9.94. The number of hydrazine groups is 1. The molecule has 0 saturated carbocycles. The molecule has 0 atom stereocenters. The Hall–Kier alpha value is -0.120. The van der Waals surface area contributed by atoms with Crippen LogP contribution in [-0.2, 0) is 0 Å². The van der Waals surface area contributed by atoms with Gasteiger partial charge in [-0.05, 0) is 12.8 Å². The second kappa shape index (κ2) is 9.96. The Balaban J connectivity index is 3.47. The van der Waals surface area contributed by atoms with Crippen LogP contribution in [0.15, 0.2) is 0 Å². The van der Waals surface area contributed by atoms with Crippen LogP contribution in [0.5, 0.6) is 0 Å². The van der Waals surface area contributed by atoms with Crippen LogP contribution in [0.2, 0.25) is 0 Å². The van der Waals surface area contributed by atoms with Crippen molar-refractivity contribution >= 4 is 0 Å². The van der Waals surface area contributed by atoms with E-state index in [1.807, 2.05) is 0 Å². The summed E-state index contributed by atoms with van der Waals surface area (Å²) in [6.45, 7) is 8.36.